The van der Waals surface area contributed by atoms with Crippen molar-refractivity contribution >= 4 is 17.7 Å². The van der Waals surface area contributed by atoms with Gasteiger partial charge >= 0.3 is 12.1 Å². The molecule has 1 N–H and O–H groups in total. The number of nitrogens with one attached hydrogen (secondary N) is 1. The number of hydrogen-bond donors (Lipinski definition) is 1. The summed E-state index contributed by atoms with van der Waals surface area (Å²) in [6.45, 7) is 2.38. The lowest BCUT2D eigenvalue weighted by Gasteiger charge is -2.15. The van der Waals surface area contributed by atoms with Crippen molar-refractivity contribution in [1.29, 1.82) is 0 Å². The van der Waals surface area contributed by atoms with Gasteiger partial charge in [-0.05, 0) is 37.5 Å². The number of hydrogen-bond acceptors (Lipinski definition) is 8. The fraction of sp³-hybridized carbons (Fsp3) is 0.300. The Kier molecular flexibility index (Phi) is 8.23. The summed E-state index contributed by atoms with van der Waals surface area (Å²) < 4.78 is 51.2. The van der Waals surface area contributed by atoms with Crippen LogP contribution < -0.4 is 10.1 Å². The van der Waals surface area contributed by atoms with Crippen molar-refractivity contribution < 1.29 is 27.4 Å². The number of imidazole rings is 1. The SMILES string of the molecule is CCOC(=O)/C=C/c1cnc(-c2c(OC)ncnc2C2CC2)cc1NCc1ccc(-c2nc(C(F)(F)F)cn2C)cc1. The molecule has 1 fully saturated rings. The fourth-order valence-corrected chi connectivity index (χ4v) is 4.52. The highest BCUT2D eigenvalue weighted by atomic mass is 19.4. The summed E-state index contributed by atoms with van der Waals surface area (Å²) in [5.41, 5.74) is 4.07. The minimum atomic E-state index is -4.52. The lowest BCUT2D eigenvalue weighted by molar-refractivity contribution is -0.141. The van der Waals surface area contributed by atoms with Gasteiger partial charge in [0.2, 0.25) is 5.88 Å². The first kappa shape index (κ1) is 28.8. The maximum Gasteiger partial charge on any atom is 0.434 e. The predicted octanol–water partition coefficient (Wildman–Crippen LogP) is 6.03. The minimum Gasteiger partial charge on any atom is -0.480 e. The highest BCUT2D eigenvalue weighted by Gasteiger charge is 2.34. The van der Waals surface area contributed by atoms with Crippen LogP contribution in [0.1, 0.15) is 48.2 Å². The molecule has 3 aromatic heterocycles. The second-order valence-corrected chi connectivity index (χ2v) is 9.77. The molecule has 1 aromatic carbocycles. The summed E-state index contributed by atoms with van der Waals surface area (Å²) in [7, 11) is 3.08. The normalized spacial score (nSPS) is 13.4. The maximum atomic E-state index is 13.1. The molecule has 0 atom stereocenters. The minimum absolute atomic E-state index is 0.220. The lowest BCUT2D eigenvalue weighted by atomic mass is 10.0. The molecule has 0 amide bonds. The lowest BCUT2D eigenvalue weighted by Crippen LogP contribution is -2.05. The Morgan fingerprint density at radius 3 is 2.57 bits per heavy atom. The number of carbonyl (C=O) groups is 1. The number of aryl methyl sites for hydroxylation is 1. The van der Waals surface area contributed by atoms with Crippen LogP contribution in [0.2, 0.25) is 0 Å². The number of anilines is 1. The first-order valence-corrected chi connectivity index (χ1v) is 13.4. The van der Waals surface area contributed by atoms with Gasteiger partial charge in [-0.1, -0.05) is 24.3 Å². The van der Waals surface area contributed by atoms with Gasteiger partial charge in [0, 0.05) is 54.8 Å². The molecule has 1 saturated carbocycles. The van der Waals surface area contributed by atoms with E-state index in [0.29, 0.717) is 40.9 Å². The van der Waals surface area contributed by atoms with Crippen molar-refractivity contribution in [2.45, 2.75) is 38.4 Å². The van der Waals surface area contributed by atoms with Crippen molar-refractivity contribution in [3.63, 3.8) is 0 Å². The number of nitrogens with zero attached hydrogens (tertiary/aromatic N) is 5. The zero-order chi connectivity index (χ0) is 29.9. The van der Waals surface area contributed by atoms with Crippen LogP contribution in [-0.4, -0.2) is 44.2 Å². The summed E-state index contributed by atoms with van der Waals surface area (Å²) >= 11 is 0. The number of ether oxygens (including phenoxy) is 2. The summed E-state index contributed by atoms with van der Waals surface area (Å²) in [5, 5.41) is 3.40. The predicted molar refractivity (Wildman–Crippen MR) is 150 cm³/mol. The zero-order valence-electron chi connectivity index (χ0n) is 23.3. The Morgan fingerprint density at radius 2 is 1.93 bits per heavy atom. The van der Waals surface area contributed by atoms with Gasteiger partial charge in [0.15, 0.2) is 5.69 Å². The number of halogens is 3. The summed E-state index contributed by atoms with van der Waals surface area (Å²) in [6.07, 6.45) is 4.62. The van der Waals surface area contributed by atoms with Crippen LogP contribution in [0.4, 0.5) is 18.9 Å². The molecule has 5 rings (SSSR count). The Hall–Kier alpha value is -4.74. The average Bonchev–Trinajstić information content (AvgIpc) is 3.75. The highest BCUT2D eigenvalue weighted by Crippen LogP contribution is 2.45. The molecular weight excluding hydrogens is 549 g/mol. The third-order valence-electron chi connectivity index (χ3n) is 6.74. The highest BCUT2D eigenvalue weighted by molar-refractivity contribution is 5.88. The second-order valence-electron chi connectivity index (χ2n) is 9.77. The Labute approximate surface area is 240 Å². The van der Waals surface area contributed by atoms with Crippen molar-refractivity contribution in [2.75, 3.05) is 19.0 Å². The molecule has 0 saturated heterocycles. The van der Waals surface area contributed by atoms with Gasteiger partial charge in [-0.15, -0.1) is 0 Å². The van der Waals surface area contributed by atoms with E-state index in [1.54, 1.807) is 38.4 Å². The first-order chi connectivity index (χ1) is 20.2. The molecule has 3 heterocycles. The quantitative estimate of drug-likeness (QED) is 0.180. The topological polar surface area (TPSA) is 104 Å². The molecule has 0 aliphatic heterocycles. The number of carbonyl (C=O) groups excluding carboxylic acids is 1. The third-order valence-corrected chi connectivity index (χ3v) is 6.74. The number of benzene rings is 1. The zero-order valence-corrected chi connectivity index (χ0v) is 23.3. The van der Waals surface area contributed by atoms with E-state index in [9.17, 15) is 18.0 Å². The fourth-order valence-electron chi connectivity index (χ4n) is 4.52. The number of methoxy groups -OCH3 is 1. The molecule has 0 spiro atoms. The Bertz CT molecular complexity index is 1610. The average molecular weight is 579 g/mol. The van der Waals surface area contributed by atoms with Crippen molar-refractivity contribution in [3.8, 4) is 28.5 Å². The maximum absolute atomic E-state index is 13.1. The van der Waals surface area contributed by atoms with Gasteiger partial charge < -0.3 is 19.4 Å². The number of aromatic nitrogens is 5. The van der Waals surface area contributed by atoms with Crippen molar-refractivity contribution in [2.24, 2.45) is 7.05 Å². The Morgan fingerprint density at radius 1 is 1.17 bits per heavy atom. The molecule has 0 radical (unpaired) electrons. The van der Waals surface area contributed by atoms with Gasteiger partial charge in [0.1, 0.15) is 12.2 Å². The van der Waals surface area contributed by atoms with E-state index in [2.05, 4.69) is 25.3 Å². The van der Waals surface area contributed by atoms with Gasteiger partial charge in [-0.3, -0.25) is 4.98 Å². The standard InChI is InChI=1S/C30H29F3N6O3/c1-4-42-25(40)12-11-21-15-35-23(26-27(19-9-10-19)36-17-37-29(26)41-3)13-22(21)34-14-18-5-7-20(8-6-18)28-38-24(16-39(28)2)30(31,32)33/h5-8,11-13,15-17,19H,4,9-10,14H2,1-3H3,(H,34,35)/b12-11+. The monoisotopic (exact) mass is 578 g/mol. The molecule has 218 valence electrons. The van der Waals surface area contributed by atoms with Crippen LogP contribution in [0, 0.1) is 0 Å². The molecule has 0 unspecified atom stereocenters. The van der Waals surface area contributed by atoms with Gasteiger partial charge in [-0.25, -0.2) is 19.7 Å². The van der Waals surface area contributed by atoms with Crippen molar-refractivity contribution in [1.82, 2.24) is 24.5 Å². The summed E-state index contributed by atoms with van der Waals surface area (Å²) in [4.78, 5) is 29.2. The molecule has 1 aliphatic carbocycles. The van der Waals surface area contributed by atoms with Gasteiger partial charge in [0.25, 0.3) is 0 Å². The molecule has 12 heteroatoms. The van der Waals surface area contributed by atoms with E-state index in [1.165, 1.54) is 24.0 Å². The summed E-state index contributed by atoms with van der Waals surface area (Å²) in [6, 6.07) is 8.96. The van der Waals surface area contributed by atoms with E-state index in [1.807, 2.05) is 18.2 Å². The van der Waals surface area contributed by atoms with Crippen LogP contribution in [0.3, 0.4) is 0 Å². The number of rotatable bonds is 10. The van der Waals surface area contributed by atoms with E-state index in [-0.39, 0.29) is 12.4 Å². The molecule has 9 nitrogen and oxygen atoms in total. The van der Waals surface area contributed by atoms with Crippen molar-refractivity contribution in [3.05, 3.63) is 77.6 Å². The molecule has 0 bridgehead atoms. The third kappa shape index (κ3) is 6.42. The van der Waals surface area contributed by atoms with E-state index in [4.69, 9.17) is 9.47 Å². The van der Waals surface area contributed by atoms with E-state index < -0.39 is 17.8 Å². The van der Waals surface area contributed by atoms with Gasteiger partial charge in [0.05, 0.1) is 30.7 Å². The number of alkyl halides is 3. The van der Waals surface area contributed by atoms with E-state index >= 15 is 0 Å². The summed E-state index contributed by atoms with van der Waals surface area (Å²) in [5.74, 6) is 0.499. The second kappa shape index (κ2) is 12.0. The largest absolute Gasteiger partial charge is 0.480 e. The van der Waals surface area contributed by atoms with Crippen LogP contribution in [0.25, 0.3) is 28.7 Å². The van der Waals surface area contributed by atoms with Gasteiger partial charge in [-0.2, -0.15) is 13.2 Å². The van der Waals surface area contributed by atoms with Crippen LogP contribution in [-0.2, 0) is 29.3 Å². The molecular formula is C30H29F3N6O3. The van der Waals surface area contributed by atoms with E-state index in [0.717, 1.165) is 35.9 Å². The number of esters is 1. The number of pyridine rings is 1. The molecule has 42 heavy (non-hydrogen) atoms. The molecule has 4 aromatic rings. The van der Waals surface area contributed by atoms with Crippen LogP contribution >= 0.6 is 0 Å². The van der Waals surface area contributed by atoms with Crippen LogP contribution in [0.5, 0.6) is 5.88 Å². The molecule has 1 aliphatic rings. The first-order valence-electron chi connectivity index (χ1n) is 13.4. The Balaban J connectivity index is 1.43. The smallest absolute Gasteiger partial charge is 0.434 e. The van der Waals surface area contributed by atoms with Crippen LogP contribution in [0.15, 0.2) is 55.1 Å².